The molecule has 0 unspecified atom stereocenters. The summed E-state index contributed by atoms with van der Waals surface area (Å²) in [5.74, 6) is 1.34. The third kappa shape index (κ3) is 3.20. The number of nitrogens with zero attached hydrogens (tertiary/aromatic N) is 3. The summed E-state index contributed by atoms with van der Waals surface area (Å²) < 4.78 is 0. The van der Waals surface area contributed by atoms with Crippen LogP contribution in [0.2, 0.25) is 0 Å². The molecule has 2 fully saturated rings. The molecule has 3 rings (SSSR count). The maximum absolute atomic E-state index is 4.87. The van der Waals surface area contributed by atoms with Crippen molar-refractivity contribution in [2.45, 2.75) is 77.4 Å². The van der Waals surface area contributed by atoms with Crippen LogP contribution in [0, 0.1) is 0 Å². The van der Waals surface area contributed by atoms with Gasteiger partial charge in [-0.3, -0.25) is 0 Å². The third-order valence-corrected chi connectivity index (χ3v) is 4.71. The molecule has 0 bridgehead atoms. The summed E-state index contributed by atoms with van der Waals surface area (Å²) in [7, 11) is 0. The van der Waals surface area contributed by atoms with Crippen LogP contribution < -0.4 is 10.2 Å². The molecule has 1 aliphatic carbocycles. The van der Waals surface area contributed by atoms with Gasteiger partial charge >= 0.3 is 0 Å². The molecule has 1 aliphatic heterocycles. The average Bonchev–Trinajstić information content (AvgIpc) is 3.19. The van der Waals surface area contributed by atoms with Crippen LogP contribution in [-0.4, -0.2) is 28.1 Å². The van der Waals surface area contributed by atoms with Crippen molar-refractivity contribution in [2.75, 3.05) is 11.4 Å². The fourth-order valence-electron chi connectivity index (χ4n) is 3.14. The smallest absolute Gasteiger partial charge is 0.131 e. The Balaban J connectivity index is 1.89. The number of aromatic nitrogens is 2. The van der Waals surface area contributed by atoms with E-state index in [-0.39, 0.29) is 5.54 Å². The Morgan fingerprint density at radius 2 is 2.14 bits per heavy atom. The van der Waals surface area contributed by atoms with Gasteiger partial charge in [-0.15, -0.1) is 0 Å². The number of nitrogens with one attached hydrogen (secondary N) is 1. The Hall–Kier alpha value is -1.16. The van der Waals surface area contributed by atoms with Crippen molar-refractivity contribution >= 4 is 5.69 Å². The predicted molar refractivity (Wildman–Crippen MR) is 86.6 cm³/mol. The molecule has 1 N–H and O–H groups in total. The first-order valence-corrected chi connectivity index (χ1v) is 8.34. The Kier molecular flexibility index (Phi) is 3.91. The Labute approximate surface area is 128 Å². The average molecular weight is 288 g/mol. The summed E-state index contributed by atoms with van der Waals surface area (Å²) in [5, 5.41) is 3.61. The zero-order valence-electron chi connectivity index (χ0n) is 13.8. The van der Waals surface area contributed by atoms with Gasteiger partial charge in [-0.05, 0) is 39.5 Å². The second kappa shape index (κ2) is 5.56. The second-order valence-electron chi connectivity index (χ2n) is 7.44. The van der Waals surface area contributed by atoms with Crippen LogP contribution in [0.25, 0.3) is 0 Å². The van der Waals surface area contributed by atoms with E-state index in [4.69, 9.17) is 4.98 Å². The second-order valence-corrected chi connectivity index (χ2v) is 7.44. The molecule has 1 saturated heterocycles. The van der Waals surface area contributed by atoms with Gasteiger partial charge in [0.15, 0.2) is 0 Å². The number of hydrogen-bond donors (Lipinski definition) is 1. The highest BCUT2D eigenvalue weighted by Crippen LogP contribution is 2.35. The van der Waals surface area contributed by atoms with E-state index in [2.05, 4.69) is 49.1 Å². The summed E-state index contributed by atoms with van der Waals surface area (Å²) in [6, 6.07) is 0.710. The van der Waals surface area contributed by atoms with E-state index in [9.17, 15) is 0 Å². The molecular weight excluding hydrogens is 260 g/mol. The number of hydrogen-bond acceptors (Lipinski definition) is 4. The van der Waals surface area contributed by atoms with Crippen molar-refractivity contribution in [3.05, 3.63) is 17.7 Å². The highest BCUT2D eigenvalue weighted by Gasteiger charge is 2.34. The van der Waals surface area contributed by atoms with Gasteiger partial charge in [0.05, 0.1) is 17.6 Å². The lowest BCUT2D eigenvalue weighted by Crippen LogP contribution is -2.39. The first-order valence-electron chi connectivity index (χ1n) is 8.34. The number of anilines is 1. The summed E-state index contributed by atoms with van der Waals surface area (Å²) in [5.41, 5.74) is 2.63. The molecule has 0 amide bonds. The lowest BCUT2D eigenvalue weighted by Gasteiger charge is -2.34. The van der Waals surface area contributed by atoms with Gasteiger partial charge in [-0.25, -0.2) is 9.97 Å². The number of rotatable bonds is 5. The van der Waals surface area contributed by atoms with Crippen LogP contribution in [-0.2, 0) is 6.54 Å². The highest BCUT2D eigenvalue weighted by atomic mass is 15.2. The predicted octanol–water partition coefficient (Wildman–Crippen LogP) is 3.23. The molecule has 0 atom stereocenters. The van der Waals surface area contributed by atoms with Crippen LogP contribution in [0.1, 0.15) is 70.8 Å². The van der Waals surface area contributed by atoms with Gasteiger partial charge < -0.3 is 10.2 Å². The quantitative estimate of drug-likeness (QED) is 0.903. The Morgan fingerprint density at radius 1 is 1.38 bits per heavy atom. The first-order chi connectivity index (χ1) is 9.97. The maximum Gasteiger partial charge on any atom is 0.131 e. The van der Waals surface area contributed by atoms with Crippen molar-refractivity contribution in [3.8, 4) is 0 Å². The van der Waals surface area contributed by atoms with E-state index in [1.165, 1.54) is 37.1 Å². The lowest BCUT2D eigenvalue weighted by molar-refractivity contribution is 0.513. The van der Waals surface area contributed by atoms with Crippen molar-refractivity contribution in [1.29, 1.82) is 0 Å². The Bertz CT molecular complexity index is 506. The first kappa shape index (κ1) is 14.8. The van der Waals surface area contributed by atoms with E-state index < -0.39 is 0 Å². The van der Waals surface area contributed by atoms with Gasteiger partial charge in [-0.1, -0.05) is 13.8 Å². The summed E-state index contributed by atoms with van der Waals surface area (Å²) in [4.78, 5) is 12.0. The van der Waals surface area contributed by atoms with Gasteiger partial charge in [0.2, 0.25) is 0 Å². The van der Waals surface area contributed by atoms with Gasteiger partial charge in [0, 0.05) is 30.6 Å². The van der Waals surface area contributed by atoms with Crippen LogP contribution in [0.4, 0.5) is 5.69 Å². The van der Waals surface area contributed by atoms with Crippen LogP contribution in [0.5, 0.6) is 0 Å². The molecule has 2 heterocycles. The molecule has 0 radical (unpaired) electrons. The van der Waals surface area contributed by atoms with Crippen molar-refractivity contribution in [2.24, 2.45) is 0 Å². The molecule has 1 aromatic rings. The molecule has 2 aliphatic rings. The summed E-state index contributed by atoms with van der Waals surface area (Å²) in [6.07, 6.45) is 7.18. The van der Waals surface area contributed by atoms with E-state index in [0.717, 1.165) is 18.9 Å². The normalized spacial score (nSPS) is 21.3. The summed E-state index contributed by atoms with van der Waals surface area (Å²) in [6.45, 7) is 11.0. The SMILES string of the molecule is CC(C)c1ncc(N2CCCC2(C)C)c(CNC2CC2)n1. The third-order valence-electron chi connectivity index (χ3n) is 4.71. The van der Waals surface area contributed by atoms with Gasteiger partial charge in [0.25, 0.3) is 0 Å². The van der Waals surface area contributed by atoms with Crippen molar-refractivity contribution in [3.63, 3.8) is 0 Å². The van der Waals surface area contributed by atoms with E-state index in [1.807, 2.05) is 0 Å². The molecule has 21 heavy (non-hydrogen) atoms. The van der Waals surface area contributed by atoms with E-state index in [0.29, 0.717) is 12.0 Å². The van der Waals surface area contributed by atoms with Crippen molar-refractivity contribution in [1.82, 2.24) is 15.3 Å². The molecule has 0 spiro atoms. The molecule has 4 heteroatoms. The van der Waals surface area contributed by atoms with E-state index in [1.54, 1.807) is 0 Å². The van der Waals surface area contributed by atoms with E-state index >= 15 is 0 Å². The monoisotopic (exact) mass is 288 g/mol. The maximum atomic E-state index is 4.87. The van der Waals surface area contributed by atoms with Crippen molar-refractivity contribution < 1.29 is 0 Å². The minimum atomic E-state index is 0.219. The fraction of sp³-hybridized carbons (Fsp3) is 0.765. The molecule has 1 aromatic heterocycles. The lowest BCUT2D eigenvalue weighted by atomic mass is 10.0. The summed E-state index contributed by atoms with van der Waals surface area (Å²) >= 11 is 0. The highest BCUT2D eigenvalue weighted by molar-refractivity contribution is 5.52. The minimum Gasteiger partial charge on any atom is -0.364 e. The van der Waals surface area contributed by atoms with Gasteiger partial charge in [-0.2, -0.15) is 0 Å². The van der Waals surface area contributed by atoms with Crippen LogP contribution >= 0.6 is 0 Å². The minimum absolute atomic E-state index is 0.219. The zero-order valence-corrected chi connectivity index (χ0v) is 13.8. The standard InChI is InChI=1S/C17H28N4/c1-12(2)16-19-11-15(21-9-5-8-17(21,3)4)14(20-16)10-18-13-6-7-13/h11-13,18H,5-10H2,1-4H3. The van der Waals surface area contributed by atoms with Crippen LogP contribution in [0.15, 0.2) is 6.20 Å². The largest absolute Gasteiger partial charge is 0.364 e. The molecule has 116 valence electrons. The van der Waals surface area contributed by atoms with Gasteiger partial charge in [0.1, 0.15) is 5.82 Å². The molecular formula is C17H28N4. The van der Waals surface area contributed by atoms with Crippen LogP contribution in [0.3, 0.4) is 0 Å². The topological polar surface area (TPSA) is 41.1 Å². The Morgan fingerprint density at radius 3 is 2.71 bits per heavy atom. The molecule has 0 aromatic carbocycles. The fourth-order valence-corrected chi connectivity index (χ4v) is 3.14. The zero-order chi connectivity index (χ0) is 15.0. The molecule has 4 nitrogen and oxygen atoms in total. The molecule has 1 saturated carbocycles.